The molecule has 8 nitrogen and oxygen atoms in total. The number of esters is 1. The number of para-hydroxylation sites is 2. The highest BCUT2D eigenvalue weighted by Crippen LogP contribution is 2.28. The molecule has 4 rings (SSSR count). The van der Waals surface area contributed by atoms with Gasteiger partial charge in [-0.15, -0.1) is 0 Å². The van der Waals surface area contributed by atoms with Crippen LogP contribution in [0.25, 0.3) is 10.9 Å². The summed E-state index contributed by atoms with van der Waals surface area (Å²) in [5, 5.41) is 10.3. The van der Waals surface area contributed by atoms with Gasteiger partial charge in [-0.2, -0.15) is 5.10 Å². The highest BCUT2D eigenvalue weighted by atomic mass is 16.6. The zero-order chi connectivity index (χ0) is 22.2. The number of aromatic nitrogens is 2. The second-order valence-corrected chi connectivity index (χ2v) is 8.49. The van der Waals surface area contributed by atoms with E-state index in [1.807, 2.05) is 24.3 Å². The zero-order valence-electron chi connectivity index (χ0n) is 17.6. The number of amides is 2. The molecule has 1 saturated heterocycles. The maximum atomic E-state index is 13.2. The summed E-state index contributed by atoms with van der Waals surface area (Å²) in [6.07, 6.45) is 0. The molecule has 31 heavy (non-hydrogen) atoms. The molecule has 0 unspecified atom stereocenters. The molecular weight excluding hydrogens is 396 g/mol. The SMILES string of the molecule is CC(C)(C)OC(=O)[C@H]1CN(c2ccccc2)C(=O)[C@H]1NC(=O)c1n[nH]c2ccccc12. The van der Waals surface area contributed by atoms with Crippen LogP contribution in [0.4, 0.5) is 5.69 Å². The highest BCUT2D eigenvalue weighted by Gasteiger charge is 2.47. The van der Waals surface area contributed by atoms with E-state index in [0.29, 0.717) is 16.6 Å². The van der Waals surface area contributed by atoms with E-state index in [2.05, 4.69) is 15.5 Å². The number of anilines is 1. The Morgan fingerprint density at radius 2 is 1.77 bits per heavy atom. The summed E-state index contributed by atoms with van der Waals surface area (Å²) >= 11 is 0. The van der Waals surface area contributed by atoms with E-state index in [4.69, 9.17) is 4.74 Å². The number of nitrogens with one attached hydrogen (secondary N) is 2. The summed E-state index contributed by atoms with van der Waals surface area (Å²) in [7, 11) is 0. The van der Waals surface area contributed by atoms with Crippen molar-refractivity contribution in [2.45, 2.75) is 32.4 Å². The van der Waals surface area contributed by atoms with Crippen LogP contribution in [0.1, 0.15) is 31.3 Å². The molecule has 0 saturated carbocycles. The van der Waals surface area contributed by atoms with Gasteiger partial charge in [-0.1, -0.05) is 36.4 Å². The maximum Gasteiger partial charge on any atom is 0.313 e. The lowest BCUT2D eigenvalue weighted by Gasteiger charge is -2.24. The minimum absolute atomic E-state index is 0.115. The number of aromatic amines is 1. The van der Waals surface area contributed by atoms with Gasteiger partial charge in [-0.3, -0.25) is 19.5 Å². The smallest absolute Gasteiger partial charge is 0.313 e. The molecule has 160 valence electrons. The number of benzene rings is 2. The third-order valence-electron chi connectivity index (χ3n) is 5.06. The Kier molecular flexibility index (Phi) is 5.22. The van der Waals surface area contributed by atoms with Crippen LogP contribution in [0.2, 0.25) is 0 Å². The van der Waals surface area contributed by atoms with Crippen molar-refractivity contribution in [1.29, 1.82) is 0 Å². The fourth-order valence-corrected chi connectivity index (χ4v) is 3.67. The van der Waals surface area contributed by atoms with E-state index in [1.165, 1.54) is 4.90 Å². The van der Waals surface area contributed by atoms with E-state index in [9.17, 15) is 14.4 Å². The number of carbonyl (C=O) groups is 3. The predicted octanol–water partition coefficient (Wildman–Crippen LogP) is 2.67. The standard InChI is InChI=1S/C23H24N4O4/c1-23(2,3)31-22(30)16-13-27(14-9-5-4-6-10-14)21(29)19(16)24-20(28)18-15-11-7-8-12-17(15)25-26-18/h4-12,16,19H,13H2,1-3H3,(H,24,28)(H,25,26)/t16-,19-/m0/s1. The first kappa shape index (κ1) is 20.6. The highest BCUT2D eigenvalue weighted by molar-refractivity contribution is 6.09. The minimum atomic E-state index is -1.06. The molecule has 3 aromatic rings. The topological polar surface area (TPSA) is 104 Å². The molecule has 2 atom stereocenters. The molecule has 1 aliphatic heterocycles. The normalized spacial score (nSPS) is 18.9. The number of ether oxygens (including phenoxy) is 1. The van der Waals surface area contributed by atoms with E-state index < -0.39 is 29.4 Å². The maximum absolute atomic E-state index is 13.2. The van der Waals surface area contributed by atoms with Crippen LogP contribution < -0.4 is 10.2 Å². The summed E-state index contributed by atoms with van der Waals surface area (Å²) in [6.45, 7) is 5.41. The van der Waals surface area contributed by atoms with Crippen molar-refractivity contribution in [1.82, 2.24) is 15.5 Å². The lowest BCUT2D eigenvalue weighted by Crippen LogP contribution is -2.47. The minimum Gasteiger partial charge on any atom is -0.460 e. The average molecular weight is 420 g/mol. The van der Waals surface area contributed by atoms with Crippen LogP contribution in [0, 0.1) is 5.92 Å². The molecule has 1 aromatic heterocycles. The summed E-state index contributed by atoms with van der Waals surface area (Å²) in [6, 6.07) is 15.2. The molecule has 2 amide bonds. The van der Waals surface area contributed by atoms with Crippen LogP contribution >= 0.6 is 0 Å². The molecule has 0 radical (unpaired) electrons. The van der Waals surface area contributed by atoms with Gasteiger partial charge in [0.25, 0.3) is 11.8 Å². The van der Waals surface area contributed by atoms with Gasteiger partial charge in [0.2, 0.25) is 0 Å². The van der Waals surface area contributed by atoms with Crippen molar-refractivity contribution in [3.05, 3.63) is 60.3 Å². The van der Waals surface area contributed by atoms with Crippen molar-refractivity contribution >= 4 is 34.4 Å². The van der Waals surface area contributed by atoms with E-state index in [0.717, 1.165) is 0 Å². The quantitative estimate of drug-likeness (QED) is 0.632. The third-order valence-corrected chi connectivity index (χ3v) is 5.06. The van der Waals surface area contributed by atoms with Crippen LogP contribution in [-0.4, -0.2) is 46.2 Å². The van der Waals surface area contributed by atoms with Crippen molar-refractivity contribution in [3.63, 3.8) is 0 Å². The Morgan fingerprint density at radius 1 is 1.10 bits per heavy atom. The summed E-state index contributed by atoms with van der Waals surface area (Å²) in [5.41, 5.74) is 0.820. The first-order valence-electron chi connectivity index (χ1n) is 10.1. The van der Waals surface area contributed by atoms with Gasteiger partial charge in [0.05, 0.1) is 5.52 Å². The molecule has 2 heterocycles. The van der Waals surface area contributed by atoms with E-state index >= 15 is 0 Å². The number of hydrogen-bond acceptors (Lipinski definition) is 5. The molecule has 2 aromatic carbocycles. The average Bonchev–Trinajstić information content (AvgIpc) is 3.29. The number of fused-ring (bicyclic) bond motifs is 1. The van der Waals surface area contributed by atoms with Crippen molar-refractivity contribution < 1.29 is 19.1 Å². The second kappa shape index (κ2) is 7.86. The molecule has 2 N–H and O–H groups in total. The third kappa shape index (κ3) is 4.14. The lowest BCUT2D eigenvalue weighted by atomic mass is 10.0. The van der Waals surface area contributed by atoms with Crippen molar-refractivity contribution in [2.75, 3.05) is 11.4 Å². The number of hydrogen-bond donors (Lipinski definition) is 2. The molecular formula is C23H24N4O4. The van der Waals surface area contributed by atoms with Gasteiger partial charge < -0.3 is 15.0 Å². The van der Waals surface area contributed by atoms with Crippen LogP contribution in [0.3, 0.4) is 0 Å². The van der Waals surface area contributed by atoms with E-state index in [1.54, 1.807) is 51.1 Å². The van der Waals surface area contributed by atoms with Gasteiger partial charge >= 0.3 is 5.97 Å². The number of rotatable bonds is 4. The summed E-state index contributed by atoms with van der Waals surface area (Å²) in [4.78, 5) is 40.6. The molecule has 0 aliphatic carbocycles. The van der Waals surface area contributed by atoms with Crippen molar-refractivity contribution in [2.24, 2.45) is 5.92 Å². The van der Waals surface area contributed by atoms with Crippen molar-refractivity contribution in [3.8, 4) is 0 Å². The largest absolute Gasteiger partial charge is 0.460 e. The Hall–Kier alpha value is -3.68. The number of H-pyrrole nitrogens is 1. The summed E-state index contributed by atoms with van der Waals surface area (Å²) in [5.74, 6) is -2.27. The molecule has 8 heteroatoms. The monoisotopic (exact) mass is 420 g/mol. The van der Waals surface area contributed by atoms with Gasteiger partial charge in [-0.25, -0.2) is 0 Å². The Balaban J connectivity index is 1.63. The van der Waals surface area contributed by atoms with Crippen LogP contribution in [-0.2, 0) is 14.3 Å². The lowest BCUT2D eigenvalue weighted by molar-refractivity contribution is -0.160. The van der Waals surface area contributed by atoms with Crippen LogP contribution in [0.5, 0.6) is 0 Å². The Bertz CT molecular complexity index is 1130. The Morgan fingerprint density at radius 3 is 2.48 bits per heavy atom. The summed E-state index contributed by atoms with van der Waals surface area (Å²) < 4.78 is 5.54. The van der Waals surface area contributed by atoms with Gasteiger partial charge in [-0.05, 0) is 39.0 Å². The fraction of sp³-hybridized carbons (Fsp3) is 0.304. The van der Waals surface area contributed by atoms with Crippen LogP contribution in [0.15, 0.2) is 54.6 Å². The van der Waals surface area contributed by atoms with Gasteiger partial charge in [0.1, 0.15) is 17.6 Å². The molecule has 0 spiro atoms. The van der Waals surface area contributed by atoms with Gasteiger partial charge in [0, 0.05) is 17.6 Å². The molecule has 1 fully saturated rings. The fourth-order valence-electron chi connectivity index (χ4n) is 3.67. The van der Waals surface area contributed by atoms with Gasteiger partial charge in [0.15, 0.2) is 5.69 Å². The predicted molar refractivity (Wildman–Crippen MR) is 115 cm³/mol. The number of nitrogens with zero attached hydrogens (tertiary/aromatic N) is 2. The zero-order valence-corrected chi connectivity index (χ0v) is 17.6. The molecule has 0 bridgehead atoms. The first-order valence-corrected chi connectivity index (χ1v) is 10.1. The molecule has 1 aliphatic rings. The first-order chi connectivity index (χ1) is 14.7. The second-order valence-electron chi connectivity index (χ2n) is 8.49. The van der Waals surface area contributed by atoms with E-state index in [-0.39, 0.29) is 18.1 Å². The number of carbonyl (C=O) groups excluding carboxylic acids is 3. The Labute approximate surface area is 179 Å².